The third kappa shape index (κ3) is 3.23. The standard InChI is InChI=1S/C9H16N4O2/c1-3-5-6(4-2)10-7-8(14)11-9(15)13-12-7/h6H,3-5H2,1-2H3,(H,10,12)(H2,11,13,14,15). The predicted molar refractivity (Wildman–Crippen MR) is 58.1 cm³/mol. The Kier molecular flexibility index (Phi) is 4.08. The highest BCUT2D eigenvalue weighted by atomic mass is 16.2. The van der Waals surface area contributed by atoms with Gasteiger partial charge in [-0.3, -0.25) is 9.78 Å². The molecular formula is C9H16N4O2. The molecule has 1 aromatic rings. The molecule has 6 heteroatoms. The molecule has 1 unspecified atom stereocenters. The smallest absolute Gasteiger partial charge is 0.342 e. The molecule has 1 atom stereocenters. The van der Waals surface area contributed by atoms with Crippen molar-refractivity contribution < 1.29 is 0 Å². The van der Waals surface area contributed by atoms with Gasteiger partial charge >= 0.3 is 5.69 Å². The van der Waals surface area contributed by atoms with Gasteiger partial charge in [-0.05, 0) is 12.8 Å². The maximum absolute atomic E-state index is 11.3. The number of nitrogens with one attached hydrogen (secondary N) is 3. The molecule has 1 aromatic heterocycles. The zero-order valence-corrected chi connectivity index (χ0v) is 8.96. The van der Waals surface area contributed by atoms with Crippen LogP contribution in [-0.2, 0) is 0 Å². The van der Waals surface area contributed by atoms with E-state index in [1.54, 1.807) is 0 Å². The molecule has 0 aromatic carbocycles. The molecule has 0 aliphatic rings. The summed E-state index contributed by atoms with van der Waals surface area (Å²) in [7, 11) is 0. The minimum absolute atomic E-state index is 0.176. The largest absolute Gasteiger partial charge is 0.361 e. The summed E-state index contributed by atoms with van der Waals surface area (Å²) in [5.41, 5.74) is -1.07. The van der Waals surface area contributed by atoms with E-state index in [1.807, 2.05) is 6.92 Å². The predicted octanol–water partition coefficient (Wildman–Crippen LogP) is 0.449. The zero-order valence-electron chi connectivity index (χ0n) is 8.96. The fourth-order valence-corrected chi connectivity index (χ4v) is 1.37. The molecule has 3 N–H and O–H groups in total. The lowest BCUT2D eigenvalue weighted by Crippen LogP contribution is -2.30. The number of H-pyrrole nitrogens is 2. The van der Waals surface area contributed by atoms with Crippen molar-refractivity contribution in [1.82, 2.24) is 15.2 Å². The maximum Gasteiger partial charge on any atom is 0.342 e. The molecule has 1 rings (SSSR count). The average Bonchev–Trinajstić information content (AvgIpc) is 2.21. The Morgan fingerprint density at radius 2 is 2.13 bits per heavy atom. The van der Waals surface area contributed by atoms with Gasteiger partial charge in [0.2, 0.25) is 5.82 Å². The Hall–Kier alpha value is -1.59. The SMILES string of the molecule is CCCC(CC)Nc1n[nH]c(=O)[nH]c1=O. The second-order valence-electron chi connectivity index (χ2n) is 3.39. The molecule has 0 aliphatic heterocycles. The van der Waals surface area contributed by atoms with Gasteiger partial charge in [0.25, 0.3) is 5.56 Å². The third-order valence-electron chi connectivity index (χ3n) is 2.18. The average molecular weight is 212 g/mol. The van der Waals surface area contributed by atoms with E-state index in [2.05, 4.69) is 27.4 Å². The van der Waals surface area contributed by atoms with Crippen LogP contribution in [0.25, 0.3) is 0 Å². The van der Waals surface area contributed by atoms with Gasteiger partial charge in [0.05, 0.1) is 0 Å². The van der Waals surface area contributed by atoms with Gasteiger partial charge in [0, 0.05) is 6.04 Å². The molecule has 6 nitrogen and oxygen atoms in total. The van der Waals surface area contributed by atoms with Crippen molar-refractivity contribution in [2.45, 2.75) is 39.2 Å². The van der Waals surface area contributed by atoms with Crippen molar-refractivity contribution >= 4 is 5.82 Å². The van der Waals surface area contributed by atoms with Crippen LogP contribution in [0.15, 0.2) is 9.59 Å². The molecule has 0 bridgehead atoms. The maximum atomic E-state index is 11.3. The van der Waals surface area contributed by atoms with E-state index in [0.717, 1.165) is 19.3 Å². The number of aromatic nitrogens is 3. The van der Waals surface area contributed by atoms with Crippen LogP contribution in [0.2, 0.25) is 0 Å². The lowest BCUT2D eigenvalue weighted by molar-refractivity contribution is 0.616. The van der Waals surface area contributed by atoms with Crippen molar-refractivity contribution in [2.24, 2.45) is 0 Å². The third-order valence-corrected chi connectivity index (χ3v) is 2.18. The van der Waals surface area contributed by atoms with E-state index in [0.29, 0.717) is 0 Å². The summed E-state index contributed by atoms with van der Waals surface area (Å²) in [6.45, 7) is 4.11. The lowest BCUT2D eigenvalue weighted by atomic mass is 10.1. The summed E-state index contributed by atoms with van der Waals surface area (Å²) in [5.74, 6) is 0.176. The van der Waals surface area contributed by atoms with E-state index in [1.165, 1.54) is 0 Å². The Balaban J connectivity index is 2.79. The molecule has 84 valence electrons. The van der Waals surface area contributed by atoms with Crippen LogP contribution in [0.5, 0.6) is 0 Å². The molecule has 0 spiro atoms. The molecule has 0 amide bonds. The summed E-state index contributed by atoms with van der Waals surface area (Å²) in [4.78, 5) is 24.1. The van der Waals surface area contributed by atoms with E-state index < -0.39 is 11.2 Å². The first-order valence-corrected chi connectivity index (χ1v) is 5.12. The van der Waals surface area contributed by atoms with Crippen molar-refractivity contribution in [3.63, 3.8) is 0 Å². The first-order chi connectivity index (χ1) is 7.17. The van der Waals surface area contributed by atoms with Gasteiger partial charge in [-0.25, -0.2) is 9.89 Å². The quantitative estimate of drug-likeness (QED) is 0.661. The molecule has 0 radical (unpaired) electrons. The van der Waals surface area contributed by atoms with Crippen LogP contribution >= 0.6 is 0 Å². The van der Waals surface area contributed by atoms with Gasteiger partial charge in [0.15, 0.2) is 0 Å². The van der Waals surface area contributed by atoms with Crippen LogP contribution < -0.4 is 16.6 Å². The number of aromatic amines is 2. The Bertz CT molecular complexity index is 409. The second-order valence-corrected chi connectivity index (χ2v) is 3.39. The topological polar surface area (TPSA) is 90.6 Å². The summed E-state index contributed by atoms with van der Waals surface area (Å²) in [6.07, 6.45) is 2.91. The second kappa shape index (κ2) is 5.33. The molecular weight excluding hydrogens is 196 g/mol. The van der Waals surface area contributed by atoms with Crippen LogP contribution in [-0.4, -0.2) is 21.2 Å². The highest BCUT2D eigenvalue weighted by molar-refractivity contribution is 5.30. The van der Waals surface area contributed by atoms with Crippen LogP contribution in [0.1, 0.15) is 33.1 Å². The first kappa shape index (κ1) is 11.5. The van der Waals surface area contributed by atoms with Gasteiger partial charge in [-0.15, -0.1) is 5.10 Å². The first-order valence-electron chi connectivity index (χ1n) is 5.12. The van der Waals surface area contributed by atoms with Gasteiger partial charge in [-0.1, -0.05) is 20.3 Å². The molecule has 15 heavy (non-hydrogen) atoms. The van der Waals surface area contributed by atoms with Gasteiger partial charge < -0.3 is 5.32 Å². The highest BCUT2D eigenvalue weighted by Crippen LogP contribution is 2.05. The van der Waals surface area contributed by atoms with E-state index in [4.69, 9.17) is 0 Å². The van der Waals surface area contributed by atoms with E-state index in [-0.39, 0.29) is 11.9 Å². The molecule has 0 fully saturated rings. The zero-order chi connectivity index (χ0) is 11.3. The molecule has 0 saturated heterocycles. The number of nitrogens with zero attached hydrogens (tertiary/aromatic N) is 1. The van der Waals surface area contributed by atoms with Crippen molar-refractivity contribution in [3.8, 4) is 0 Å². The van der Waals surface area contributed by atoms with Crippen LogP contribution in [0.4, 0.5) is 5.82 Å². The van der Waals surface area contributed by atoms with Crippen molar-refractivity contribution in [1.29, 1.82) is 0 Å². The van der Waals surface area contributed by atoms with E-state index >= 15 is 0 Å². The summed E-state index contributed by atoms with van der Waals surface area (Å²) < 4.78 is 0. The number of anilines is 1. The normalized spacial score (nSPS) is 12.4. The Morgan fingerprint density at radius 3 is 2.67 bits per heavy atom. The Labute approximate surface area is 87.1 Å². The highest BCUT2D eigenvalue weighted by Gasteiger charge is 2.08. The Morgan fingerprint density at radius 1 is 1.40 bits per heavy atom. The number of rotatable bonds is 5. The minimum atomic E-state index is -0.589. The fourth-order valence-electron chi connectivity index (χ4n) is 1.37. The molecule has 0 aliphatic carbocycles. The monoisotopic (exact) mass is 212 g/mol. The van der Waals surface area contributed by atoms with Crippen LogP contribution in [0, 0.1) is 0 Å². The van der Waals surface area contributed by atoms with Gasteiger partial charge in [-0.2, -0.15) is 0 Å². The van der Waals surface area contributed by atoms with Crippen molar-refractivity contribution in [2.75, 3.05) is 5.32 Å². The van der Waals surface area contributed by atoms with E-state index in [9.17, 15) is 9.59 Å². The van der Waals surface area contributed by atoms with Gasteiger partial charge in [0.1, 0.15) is 0 Å². The summed E-state index contributed by atoms with van der Waals surface area (Å²) in [5, 5.41) is 8.84. The number of hydrogen-bond donors (Lipinski definition) is 3. The summed E-state index contributed by atoms with van der Waals surface area (Å²) >= 11 is 0. The van der Waals surface area contributed by atoms with Crippen molar-refractivity contribution in [3.05, 3.63) is 20.8 Å². The lowest BCUT2D eigenvalue weighted by Gasteiger charge is -2.15. The molecule has 1 heterocycles. The molecule has 0 saturated carbocycles. The summed E-state index contributed by atoms with van der Waals surface area (Å²) in [6, 6.07) is 0.217. The minimum Gasteiger partial charge on any atom is -0.361 e. The number of hydrogen-bond acceptors (Lipinski definition) is 4. The van der Waals surface area contributed by atoms with Crippen LogP contribution in [0.3, 0.4) is 0 Å². The fraction of sp³-hybridized carbons (Fsp3) is 0.667.